The Bertz CT molecular complexity index is 564. The Hall–Kier alpha value is -2.10. The minimum atomic E-state index is 0.267. The first-order valence-corrected chi connectivity index (χ1v) is 6.48. The number of hydrogen-bond acceptors (Lipinski definition) is 4. The van der Waals surface area contributed by atoms with Gasteiger partial charge in [0, 0.05) is 18.5 Å². The van der Waals surface area contributed by atoms with Gasteiger partial charge in [0.05, 0.1) is 0 Å². The fourth-order valence-corrected chi connectivity index (χ4v) is 1.85. The Kier molecular flexibility index (Phi) is 4.00. The second-order valence-electron chi connectivity index (χ2n) is 5.03. The molecule has 0 amide bonds. The highest BCUT2D eigenvalue weighted by Gasteiger charge is 2.06. The van der Waals surface area contributed by atoms with E-state index >= 15 is 0 Å². The van der Waals surface area contributed by atoms with E-state index in [1.54, 1.807) is 6.07 Å². The standard InChI is InChI=1S/C15H20N4/c1-10(2)15-18-13(16)8-14(19-15)17-9-12-6-4-5-11(3)7-12/h4-8,10H,9H2,1-3H3,(H3,16,17,18,19). The van der Waals surface area contributed by atoms with Crippen LogP contribution in [0.25, 0.3) is 0 Å². The largest absolute Gasteiger partial charge is 0.384 e. The van der Waals surface area contributed by atoms with Crippen LogP contribution in [0, 0.1) is 6.92 Å². The van der Waals surface area contributed by atoms with E-state index in [-0.39, 0.29) is 5.92 Å². The van der Waals surface area contributed by atoms with Gasteiger partial charge in [0.25, 0.3) is 0 Å². The molecule has 0 unspecified atom stereocenters. The Morgan fingerprint density at radius 2 is 2.00 bits per heavy atom. The van der Waals surface area contributed by atoms with Gasteiger partial charge < -0.3 is 11.1 Å². The maximum absolute atomic E-state index is 5.80. The topological polar surface area (TPSA) is 63.8 Å². The third-order valence-corrected chi connectivity index (χ3v) is 2.84. The van der Waals surface area contributed by atoms with Gasteiger partial charge in [0.2, 0.25) is 0 Å². The quantitative estimate of drug-likeness (QED) is 0.882. The number of anilines is 2. The molecule has 2 rings (SSSR count). The third-order valence-electron chi connectivity index (χ3n) is 2.84. The first-order chi connectivity index (χ1) is 9.04. The first-order valence-electron chi connectivity index (χ1n) is 6.48. The van der Waals surface area contributed by atoms with E-state index in [9.17, 15) is 0 Å². The molecule has 100 valence electrons. The minimum Gasteiger partial charge on any atom is -0.384 e. The summed E-state index contributed by atoms with van der Waals surface area (Å²) in [5.74, 6) is 2.32. The normalized spacial score (nSPS) is 10.7. The summed E-state index contributed by atoms with van der Waals surface area (Å²) in [7, 11) is 0. The van der Waals surface area contributed by atoms with Crippen molar-refractivity contribution in [2.75, 3.05) is 11.1 Å². The minimum absolute atomic E-state index is 0.267. The predicted molar refractivity (Wildman–Crippen MR) is 79.0 cm³/mol. The summed E-state index contributed by atoms with van der Waals surface area (Å²) in [5.41, 5.74) is 8.28. The average Bonchev–Trinajstić information content (AvgIpc) is 2.36. The van der Waals surface area contributed by atoms with Crippen LogP contribution in [0.1, 0.15) is 36.7 Å². The van der Waals surface area contributed by atoms with Crippen LogP contribution in [-0.2, 0) is 6.54 Å². The molecular weight excluding hydrogens is 236 g/mol. The zero-order valence-corrected chi connectivity index (χ0v) is 11.6. The molecule has 1 heterocycles. The zero-order chi connectivity index (χ0) is 13.8. The molecule has 0 aliphatic rings. The number of nitrogen functional groups attached to an aromatic ring is 1. The van der Waals surface area contributed by atoms with Gasteiger partial charge in [-0.1, -0.05) is 43.7 Å². The number of aromatic nitrogens is 2. The summed E-state index contributed by atoms with van der Waals surface area (Å²) in [6, 6.07) is 10.2. The molecule has 0 fully saturated rings. The molecule has 0 saturated carbocycles. The summed E-state index contributed by atoms with van der Waals surface area (Å²) < 4.78 is 0. The van der Waals surface area contributed by atoms with Crippen molar-refractivity contribution in [3.05, 3.63) is 47.3 Å². The van der Waals surface area contributed by atoms with E-state index in [0.717, 1.165) is 18.2 Å². The van der Waals surface area contributed by atoms with Gasteiger partial charge >= 0.3 is 0 Å². The highest BCUT2D eigenvalue weighted by Crippen LogP contribution is 2.16. The molecule has 4 nitrogen and oxygen atoms in total. The van der Waals surface area contributed by atoms with Gasteiger partial charge in [-0.05, 0) is 12.5 Å². The van der Waals surface area contributed by atoms with Crippen LogP contribution in [0.15, 0.2) is 30.3 Å². The zero-order valence-electron chi connectivity index (χ0n) is 11.6. The Morgan fingerprint density at radius 1 is 1.21 bits per heavy atom. The maximum Gasteiger partial charge on any atom is 0.135 e. The first kappa shape index (κ1) is 13.3. The average molecular weight is 256 g/mol. The fraction of sp³-hybridized carbons (Fsp3) is 0.333. The monoisotopic (exact) mass is 256 g/mol. The number of nitrogens with zero attached hydrogens (tertiary/aromatic N) is 2. The maximum atomic E-state index is 5.80. The molecule has 19 heavy (non-hydrogen) atoms. The van der Waals surface area contributed by atoms with Crippen molar-refractivity contribution >= 4 is 11.6 Å². The van der Waals surface area contributed by atoms with Crippen LogP contribution in [0.4, 0.5) is 11.6 Å². The van der Waals surface area contributed by atoms with E-state index in [2.05, 4.69) is 60.3 Å². The number of hydrogen-bond donors (Lipinski definition) is 2. The van der Waals surface area contributed by atoms with Crippen molar-refractivity contribution in [2.24, 2.45) is 0 Å². The Balaban J connectivity index is 2.11. The molecule has 0 spiro atoms. The summed E-state index contributed by atoms with van der Waals surface area (Å²) in [6.45, 7) is 6.93. The Morgan fingerprint density at radius 3 is 2.68 bits per heavy atom. The smallest absolute Gasteiger partial charge is 0.135 e. The van der Waals surface area contributed by atoms with E-state index in [1.165, 1.54) is 11.1 Å². The van der Waals surface area contributed by atoms with E-state index < -0.39 is 0 Å². The molecule has 1 aromatic heterocycles. The van der Waals surface area contributed by atoms with Gasteiger partial charge in [-0.15, -0.1) is 0 Å². The number of nitrogens with two attached hydrogens (primary N) is 1. The second kappa shape index (κ2) is 5.69. The van der Waals surface area contributed by atoms with Crippen LogP contribution >= 0.6 is 0 Å². The molecular formula is C15H20N4. The van der Waals surface area contributed by atoms with Crippen LogP contribution in [0.2, 0.25) is 0 Å². The van der Waals surface area contributed by atoms with Crippen LogP contribution in [-0.4, -0.2) is 9.97 Å². The van der Waals surface area contributed by atoms with Crippen molar-refractivity contribution in [2.45, 2.75) is 33.2 Å². The number of benzene rings is 1. The predicted octanol–water partition coefficient (Wildman–Crippen LogP) is 3.10. The lowest BCUT2D eigenvalue weighted by molar-refractivity contribution is 0.777. The number of nitrogens with one attached hydrogen (secondary N) is 1. The molecule has 0 atom stereocenters. The highest BCUT2D eigenvalue weighted by molar-refractivity contribution is 5.45. The number of rotatable bonds is 4. The van der Waals surface area contributed by atoms with Gasteiger partial charge in [-0.2, -0.15) is 0 Å². The fourth-order valence-electron chi connectivity index (χ4n) is 1.85. The van der Waals surface area contributed by atoms with E-state index in [1.807, 2.05) is 0 Å². The Labute approximate surface area is 114 Å². The van der Waals surface area contributed by atoms with E-state index in [4.69, 9.17) is 5.73 Å². The SMILES string of the molecule is Cc1cccc(CNc2cc(N)nc(C(C)C)n2)c1. The summed E-state index contributed by atoms with van der Waals surface area (Å²) in [5, 5.41) is 3.29. The lowest BCUT2D eigenvalue weighted by Gasteiger charge is -2.10. The van der Waals surface area contributed by atoms with Gasteiger partial charge in [0.1, 0.15) is 17.5 Å². The van der Waals surface area contributed by atoms with Gasteiger partial charge in [0.15, 0.2) is 0 Å². The van der Waals surface area contributed by atoms with Crippen molar-refractivity contribution in [3.63, 3.8) is 0 Å². The second-order valence-corrected chi connectivity index (χ2v) is 5.03. The lowest BCUT2D eigenvalue weighted by atomic mass is 10.1. The molecule has 0 bridgehead atoms. The van der Waals surface area contributed by atoms with Crippen molar-refractivity contribution in [1.29, 1.82) is 0 Å². The summed E-state index contributed by atoms with van der Waals surface area (Å²) in [6.07, 6.45) is 0. The summed E-state index contributed by atoms with van der Waals surface area (Å²) in [4.78, 5) is 8.70. The van der Waals surface area contributed by atoms with Crippen molar-refractivity contribution in [1.82, 2.24) is 9.97 Å². The molecule has 0 aliphatic carbocycles. The van der Waals surface area contributed by atoms with Crippen molar-refractivity contribution < 1.29 is 0 Å². The van der Waals surface area contributed by atoms with Crippen LogP contribution in [0.3, 0.4) is 0 Å². The van der Waals surface area contributed by atoms with Crippen LogP contribution in [0.5, 0.6) is 0 Å². The summed E-state index contributed by atoms with van der Waals surface area (Å²) >= 11 is 0. The van der Waals surface area contributed by atoms with Crippen LogP contribution < -0.4 is 11.1 Å². The number of aryl methyl sites for hydroxylation is 1. The molecule has 0 aliphatic heterocycles. The van der Waals surface area contributed by atoms with E-state index in [0.29, 0.717) is 5.82 Å². The molecule has 3 N–H and O–H groups in total. The molecule has 1 aromatic carbocycles. The van der Waals surface area contributed by atoms with Gasteiger partial charge in [-0.25, -0.2) is 9.97 Å². The molecule has 0 radical (unpaired) electrons. The molecule has 0 saturated heterocycles. The lowest BCUT2D eigenvalue weighted by Crippen LogP contribution is -2.07. The highest BCUT2D eigenvalue weighted by atomic mass is 15.0. The molecule has 2 aromatic rings. The van der Waals surface area contributed by atoms with Gasteiger partial charge in [-0.3, -0.25) is 0 Å². The third kappa shape index (κ3) is 3.68. The van der Waals surface area contributed by atoms with Crippen molar-refractivity contribution in [3.8, 4) is 0 Å². The molecule has 4 heteroatoms.